The Kier molecular flexibility index (Phi) is 6.42. The first-order chi connectivity index (χ1) is 16.0. The molecule has 4 aliphatic carbocycles. The highest BCUT2D eigenvalue weighted by atomic mass is 16.7. The van der Waals surface area contributed by atoms with Crippen molar-refractivity contribution < 1.29 is 38.5 Å². The lowest BCUT2D eigenvalue weighted by Crippen LogP contribution is -2.63. The molecule has 8 heteroatoms. The van der Waals surface area contributed by atoms with Crippen molar-refractivity contribution in [2.45, 2.75) is 84.3 Å². The normalized spacial score (nSPS) is 40.9. The number of ketones is 2. The zero-order valence-electron chi connectivity index (χ0n) is 20.6. The van der Waals surface area contributed by atoms with E-state index < -0.39 is 41.6 Å². The number of fused-ring (bicyclic) bond motifs is 5. The molecule has 3 fully saturated rings. The molecule has 0 saturated heterocycles. The Balaban J connectivity index is 1.71. The molecular weight excluding hydrogens is 440 g/mol. The highest BCUT2D eigenvalue weighted by molar-refractivity contribution is 5.93. The predicted octanol–water partition coefficient (Wildman–Crippen LogP) is 3.53. The summed E-state index contributed by atoms with van der Waals surface area (Å²) in [5.41, 5.74) is -1.50. The highest BCUT2D eigenvalue weighted by Gasteiger charge is 2.70. The third-order valence-corrected chi connectivity index (χ3v) is 9.39. The molecule has 1 N–H and O–H groups in total. The van der Waals surface area contributed by atoms with Crippen LogP contribution in [-0.4, -0.2) is 53.7 Å². The summed E-state index contributed by atoms with van der Waals surface area (Å²) >= 11 is 0. The Hall–Kier alpha value is -2.22. The van der Waals surface area contributed by atoms with Crippen LogP contribution in [0, 0.1) is 28.6 Å². The van der Waals surface area contributed by atoms with Crippen LogP contribution in [0.3, 0.4) is 0 Å². The largest absolute Gasteiger partial charge is 0.509 e. The van der Waals surface area contributed by atoms with E-state index in [1.165, 1.54) is 6.92 Å². The molecule has 0 radical (unpaired) electrons. The monoisotopic (exact) mass is 476 g/mol. The molecule has 188 valence electrons. The smallest absolute Gasteiger partial charge is 0.458 e. The molecule has 7 atom stereocenters. The number of ether oxygens (including phenoxy) is 3. The van der Waals surface area contributed by atoms with Crippen molar-refractivity contribution in [3.05, 3.63) is 11.6 Å². The lowest BCUT2D eigenvalue weighted by Gasteiger charge is -2.60. The molecule has 0 aliphatic heterocycles. The van der Waals surface area contributed by atoms with Crippen molar-refractivity contribution in [3.63, 3.8) is 0 Å². The average molecular weight is 477 g/mol. The van der Waals surface area contributed by atoms with Crippen molar-refractivity contribution in [2.75, 3.05) is 13.2 Å². The zero-order valence-corrected chi connectivity index (χ0v) is 20.6. The quantitative estimate of drug-likeness (QED) is 0.599. The average Bonchev–Trinajstić information content (AvgIpc) is 3.04. The van der Waals surface area contributed by atoms with E-state index >= 15 is 0 Å². The molecule has 3 saturated carbocycles. The van der Waals surface area contributed by atoms with Crippen LogP contribution < -0.4 is 0 Å². The second kappa shape index (κ2) is 8.77. The molecule has 0 aromatic rings. The first-order valence-electron chi connectivity index (χ1n) is 12.4. The van der Waals surface area contributed by atoms with Crippen molar-refractivity contribution >= 4 is 23.7 Å². The van der Waals surface area contributed by atoms with Crippen molar-refractivity contribution in [2.24, 2.45) is 28.6 Å². The maximum Gasteiger partial charge on any atom is 0.509 e. The molecule has 4 rings (SSSR count). The number of Topliss-reactive ketones (excluding diaryl/α,β-unsaturated/α-hetero) is 1. The third-order valence-electron chi connectivity index (χ3n) is 9.39. The van der Waals surface area contributed by atoms with Gasteiger partial charge in [-0.15, -0.1) is 0 Å². The standard InChI is InChI=1S/C26H36O8/c1-5-32-23(31)34-26(21(30)14-33-15(2)27)11-9-19-18-7-6-16-12-17(28)8-10-24(16,3)22(18)20(29)13-25(19,26)4/h12,18-20,22,29H,5-11,13-14H2,1-4H3/t18-,19-,20-,22+,24-,25-,26-/m0/s1. The minimum Gasteiger partial charge on any atom is -0.458 e. The summed E-state index contributed by atoms with van der Waals surface area (Å²) in [7, 11) is 0. The van der Waals surface area contributed by atoms with E-state index in [9.17, 15) is 24.3 Å². The molecule has 4 aliphatic rings. The van der Waals surface area contributed by atoms with Crippen LogP contribution in [0.5, 0.6) is 0 Å². The Bertz CT molecular complexity index is 924. The van der Waals surface area contributed by atoms with E-state index in [4.69, 9.17) is 14.2 Å². The van der Waals surface area contributed by atoms with Crippen LogP contribution in [0.15, 0.2) is 11.6 Å². The lowest BCUT2D eigenvalue weighted by molar-refractivity contribution is -0.188. The van der Waals surface area contributed by atoms with E-state index in [1.807, 2.05) is 6.92 Å². The number of carbonyl (C=O) groups is 4. The highest BCUT2D eigenvalue weighted by Crippen LogP contribution is 2.68. The van der Waals surface area contributed by atoms with Crippen molar-refractivity contribution in [1.29, 1.82) is 0 Å². The molecule has 8 nitrogen and oxygen atoms in total. The number of rotatable bonds is 5. The first-order valence-corrected chi connectivity index (χ1v) is 12.4. The van der Waals surface area contributed by atoms with Crippen LogP contribution in [0.1, 0.15) is 72.6 Å². The second-order valence-electron chi connectivity index (χ2n) is 10.9. The molecule has 0 aromatic carbocycles. The van der Waals surface area contributed by atoms with Crippen molar-refractivity contribution in [1.82, 2.24) is 0 Å². The molecular formula is C26H36O8. The van der Waals surface area contributed by atoms with Gasteiger partial charge in [0.25, 0.3) is 0 Å². The van der Waals surface area contributed by atoms with Crippen molar-refractivity contribution in [3.8, 4) is 0 Å². The van der Waals surface area contributed by atoms with Gasteiger partial charge in [0.15, 0.2) is 18.0 Å². The van der Waals surface area contributed by atoms with Gasteiger partial charge in [-0.3, -0.25) is 14.4 Å². The molecule has 0 heterocycles. The van der Waals surface area contributed by atoms with Gasteiger partial charge < -0.3 is 19.3 Å². The maximum absolute atomic E-state index is 13.5. The van der Waals surface area contributed by atoms with Gasteiger partial charge >= 0.3 is 12.1 Å². The van der Waals surface area contributed by atoms with E-state index in [-0.39, 0.29) is 42.0 Å². The Morgan fingerprint density at radius 3 is 2.53 bits per heavy atom. The molecule has 0 bridgehead atoms. The summed E-state index contributed by atoms with van der Waals surface area (Å²) < 4.78 is 15.9. The summed E-state index contributed by atoms with van der Waals surface area (Å²) in [6, 6.07) is 0. The van der Waals surface area contributed by atoms with Crippen LogP contribution in [0.4, 0.5) is 4.79 Å². The Morgan fingerprint density at radius 1 is 1.12 bits per heavy atom. The van der Waals surface area contributed by atoms with Crippen LogP contribution in [0.2, 0.25) is 0 Å². The van der Waals surface area contributed by atoms with Gasteiger partial charge in [-0.1, -0.05) is 19.4 Å². The Labute approximate surface area is 200 Å². The van der Waals surface area contributed by atoms with Gasteiger partial charge in [0.2, 0.25) is 5.78 Å². The van der Waals surface area contributed by atoms with E-state index in [1.54, 1.807) is 13.0 Å². The van der Waals surface area contributed by atoms with Gasteiger partial charge in [-0.25, -0.2) is 4.79 Å². The fraction of sp³-hybridized carbons (Fsp3) is 0.769. The number of hydrogen-bond acceptors (Lipinski definition) is 8. The zero-order chi connectivity index (χ0) is 24.9. The number of aliphatic hydroxyl groups excluding tert-OH is 1. The molecule has 0 aromatic heterocycles. The van der Waals surface area contributed by atoms with Crippen LogP contribution in [-0.2, 0) is 28.6 Å². The summed E-state index contributed by atoms with van der Waals surface area (Å²) in [5.74, 6) is -0.780. The SMILES string of the molecule is CCOC(=O)O[C@]1(C(=O)COC(C)=O)CC[C@H]2[C@@H]3CCC4=CC(=O)CC[C@]4(C)[C@H]3[C@@H](O)C[C@@]21C. The minimum absolute atomic E-state index is 0.0272. The number of esters is 1. The third kappa shape index (κ3) is 3.69. The van der Waals surface area contributed by atoms with E-state index in [0.717, 1.165) is 24.8 Å². The predicted molar refractivity (Wildman–Crippen MR) is 121 cm³/mol. The van der Waals surface area contributed by atoms with Gasteiger partial charge in [0.05, 0.1) is 12.7 Å². The number of hydrogen-bond donors (Lipinski definition) is 1. The maximum atomic E-state index is 13.5. The van der Waals surface area contributed by atoms with Gasteiger partial charge in [-0.05, 0) is 74.7 Å². The fourth-order valence-corrected chi connectivity index (χ4v) is 7.93. The summed E-state index contributed by atoms with van der Waals surface area (Å²) in [5, 5.41) is 11.6. The number of allylic oxidation sites excluding steroid dienone is 1. The second-order valence-corrected chi connectivity index (χ2v) is 10.9. The molecule has 0 spiro atoms. The fourth-order valence-electron chi connectivity index (χ4n) is 7.93. The molecule has 34 heavy (non-hydrogen) atoms. The van der Waals surface area contributed by atoms with E-state index in [0.29, 0.717) is 19.3 Å². The van der Waals surface area contributed by atoms with Gasteiger partial charge in [-0.2, -0.15) is 0 Å². The topological polar surface area (TPSA) is 116 Å². The number of carbonyl (C=O) groups excluding carboxylic acids is 4. The summed E-state index contributed by atoms with van der Waals surface area (Å²) in [4.78, 5) is 49.5. The summed E-state index contributed by atoms with van der Waals surface area (Å²) in [6.45, 7) is 6.58. The number of aliphatic hydroxyl groups is 1. The van der Waals surface area contributed by atoms with Crippen LogP contribution >= 0.6 is 0 Å². The van der Waals surface area contributed by atoms with Gasteiger partial charge in [0.1, 0.15) is 0 Å². The first kappa shape index (κ1) is 24.9. The van der Waals surface area contributed by atoms with Gasteiger partial charge in [0, 0.05) is 18.8 Å². The Morgan fingerprint density at radius 2 is 1.85 bits per heavy atom. The lowest BCUT2D eigenvalue weighted by atomic mass is 9.45. The molecule has 0 unspecified atom stereocenters. The summed E-state index contributed by atoms with van der Waals surface area (Å²) in [6.07, 6.45) is 4.16. The molecule has 0 amide bonds. The minimum atomic E-state index is -1.54. The van der Waals surface area contributed by atoms with E-state index in [2.05, 4.69) is 6.92 Å². The van der Waals surface area contributed by atoms with Crippen LogP contribution in [0.25, 0.3) is 0 Å².